The van der Waals surface area contributed by atoms with E-state index in [1.54, 1.807) is 6.07 Å². The first-order valence-corrected chi connectivity index (χ1v) is 7.11. The molecular formula is C16H17N5O. The summed E-state index contributed by atoms with van der Waals surface area (Å²) in [5.41, 5.74) is 2.19. The predicted molar refractivity (Wildman–Crippen MR) is 86.2 cm³/mol. The van der Waals surface area contributed by atoms with Crippen LogP contribution < -0.4 is 10.6 Å². The van der Waals surface area contributed by atoms with Crippen LogP contribution in [0.15, 0.2) is 48.7 Å². The van der Waals surface area contributed by atoms with Gasteiger partial charge in [-0.15, -0.1) is 10.2 Å². The molecule has 22 heavy (non-hydrogen) atoms. The van der Waals surface area contributed by atoms with Crippen LogP contribution in [0.2, 0.25) is 0 Å². The Balaban J connectivity index is 1.78. The molecule has 3 aromatic rings. The first kappa shape index (κ1) is 14.1. The molecule has 2 N–H and O–H groups in total. The molecule has 0 aliphatic carbocycles. The first-order valence-electron chi connectivity index (χ1n) is 7.11. The molecule has 6 heteroatoms. The molecule has 0 spiro atoms. The van der Waals surface area contributed by atoms with Crippen LogP contribution in [0.3, 0.4) is 0 Å². The number of carbonyl (C=O) groups is 1. The van der Waals surface area contributed by atoms with E-state index in [0.717, 1.165) is 17.2 Å². The lowest BCUT2D eigenvalue weighted by molar-refractivity contribution is 0.262. The van der Waals surface area contributed by atoms with Crippen molar-refractivity contribution in [2.75, 3.05) is 10.6 Å². The van der Waals surface area contributed by atoms with Crippen molar-refractivity contribution in [3.63, 3.8) is 0 Å². The van der Waals surface area contributed by atoms with E-state index in [2.05, 4.69) is 34.7 Å². The Labute approximate surface area is 128 Å². The second-order valence-electron chi connectivity index (χ2n) is 5.30. The minimum atomic E-state index is -0.287. The maximum atomic E-state index is 12.0. The molecule has 112 valence electrons. The number of urea groups is 1. The Hall–Kier alpha value is -2.89. The Morgan fingerprint density at radius 2 is 1.73 bits per heavy atom. The second kappa shape index (κ2) is 5.85. The lowest BCUT2D eigenvalue weighted by Gasteiger charge is -2.09. The fourth-order valence-corrected chi connectivity index (χ4v) is 2.19. The van der Waals surface area contributed by atoms with Crippen molar-refractivity contribution >= 4 is 23.1 Å². The van der Waals surface area contributed by atoms with Crippen molar-refractivity contribution in [1.82, 2.24) is 14.6 Å². The summed E-state index contributed by atoms with van der Waals surface area (Å²) in [6, 6.07) is 12.6. The van der Waals surface area contributed by atoms with Gasteiger partial charge in [-0.25, -0.2) is 4.79 Å². The average Bonchev–Trinajstić information content (AvgIpc) is 2.91. The van der Waals surface area contributed by atoms with E-state index >= 15 is 0 Å². The molecule has 0 aliphatic rings. The van der Waals surface area contributed by atoms with Crippen LogP contribution in [0, 0.1) is 0 Å². The number of para-hydroxylation sites is 1. The van der Waals surface area contributed by atoms with E-state index < -0.39 is 0 Å². The van der Waals surface area contributed by atoms with Gasteiger partial charge >= 0.3 is 6.03 Å². The number of hydrogen-bond acceptors (Lipinski definition) is 3. The number of pyridine rings is 1. The molecule has 0 unspecified atom stereocenters. The molecule has 0 radical (unpaired) electrons. The van der Waals surface area contributed by atoms with Crippen molar-refractivity contribution in [1.29, 1.82) is 0 Å². The zero-order chi connectivity index (χ0) is 15.5. The molecule has 0 aliphatic heterocycles. The summed E-state index contributed by atoms with van der Waals surface area (Å²) in [7, 11) is 0. The van der Waals surface area contributed by atoms with Crippen molar-refractivity contribution in [3.05, 3.63) is 54.5 Å². The van der Waals surface area contributed by atoms with Crippen LogP contribution in [0.4, 0.5) is 16.2 Å². The summed E-state index contributed by atoms with van der Waals surface area (Å²) in [5.74, 6) is 1.12. The number of fused-ring (bicyclic) bond motifs is 1. The van der Waals surface area contributed by atoms with E-state index in [-0.39, 0.29) is 11.9 Å². The number of nitrogens with one attached hydrogen (secondary N) is 2. The molecule has 0 bridgehead atoms. The van der Waals surface area contributed by atoms with Gasteiger partial charge in [-0.3, -0.25) is 4.40 Å². The summed E-state index contributed by atoms with van der Waals surface area (Å²) in [4.78, 5) is 12.0. The highest BCUT2D eigenvalue weighted by atomic mass is 16.2. The fourth-order valence-electron chi connectivity index (χ4n) is 2.19. The highest BCUT2D eigenvalue weighted by Gasteiger charge is 2.10. The third-order valence-corrected chi connectivity index (χ3v) is 3.23. The van der Waals surface area contributed by atoms with Gasteiger partial charge in [0.15, 0.2) is 5.65 Å². The second-order valence-corrected chi connectivity index (χ2v) is 5.30. The minimum Gasteiger partial charge on any atom is -0.308 e. The zero-order valence-corrected chi connectivity index (χ0v) is 12.4. The van der Waals surface area contributed by atoms with Gasteiger partial charge in [0.1, 0.15) is 5.82 Å². The van der Waals surface area contributed by atoms with Crippen LogP contribution >= 0.6 is 0 Å². The lowest BCUT2D eigenvalue weighted by atomic mass is 10.2. The Morgan fingerprint density at radius 3 is 2.45 bits per heavy atom. The van der Waals surface area contributed by atoms with E-state index in [1.165, 1.54) is 0 Å². The van der Waals surface area contributed by atoms with E-state index in [4.69, 9.17) is 0 Å². The summed E-state index contributed by atoms with van der Waals surface area (Å²) < 4.78 is 1.89. The molecule has 0 atom stereocenters. The van der Waals surface area contributed by atoms with Gasteiger partial charge in [-0.05, 0) is 24.3 Å². The monoisotopic (exact) mass is 295 g/mol. The van der Waals surface area contributed by atoms with E-state index in [9.17, 15) is 4.79 Å². The van der Waals surface area contributed by atoms with Gasteiger partial charge in [0.05, 0.1) is 5.69 Å². The summed E-state index contributed by atoms with van der Waals surface area (Å²) in [5, 5.41) is 13.9. The zero-order valence-electron chi connectivity index (χ0n) is 12.4. The highest BCUT2D eigenvalue weighted by molar-refractivity contribution is 5.99. The van der Waals surface area contributed by atoms with E-state index in [1.807, 2.05) is 47.0 Å². The summed E-state index contributed by atoms with van der Waals surface area (Å²) in [6.45, 7) is 4.11. The number of aromatic nitrogens is 3. The van der Waals surface area contributed by atoms with Crippen LogP contribution in [0.1, 0.15) is 25.6 Å². The number of amides is 2. The normalized spacial score (nSPS) is 10.9. The number of carbonyl (C=O) groups excluding carboxylic acids is 1. The quantitative estimate of drug-likeness (QED) is 0.777. The smallest absolute Gasteiger partial charge is 0.308 e. The first-order chi connectivity index (χ1) is 10.6. The Kier molecular flexibility index (Phi) is 3.74. The van der Waals surface area contributed by atoms with Crippen molar-refractivity contribution in [2.45, 2.75) is 19.8 Å². The third-order valence-electron chi connectivity index (χ3n) is 3.23. The predicted octanol–water partition coefficient (Wildman–Crippen LogP) is 3.50. The van der Waals surface area contributed by atoms with Crippen LogP contribution in [-0.2, 0) is 0 Å². The number of nitrogens with zero attached hydrogens (tertiary/aromatic N) is 3. The Bertz CT molecular complexity index is 795. The molecule has 1 aromatic carbocycles. The fraction of sp³-hybridized carbons (Fsp3) is 0.188. The molecule has 2 heterocycles. The third kappa shape index (κ3) is 2.90. The number of anilines is 2. The SMILES string of the molecule is CC(C)c1nnc2ccc(NC(=O)Nc3ccccc3)cn12. The van der Waals surface area contributed by atoms with Gasteiger partial charge in [-0.1, -0.05) is 32.0 Å². The average molecular weight is 295 g/mol. The van der Waals surface area contributed by atoms with Crippen LogP contribution in [-0.4, -0.2) is 20.6 Å². The van der Waals surface area contributed by atoms with Gasteiger partial charge in [-0.2, -0.15) is 0 Å². The van der Waals surface area contributed by atoms with Gasteiger partial charge in [0.25, 0.3) is 0 Å². The molecular weight excluding hydrogens is 278 g/mol. The van der Waals surface area contributed by atoms with Gasteiger partial charge in [0, 0.05) is 17.8 Å². The van der Waals surface area contributed by atoms with E-state index in [0.29, 0.717) is 5.69 Å². The summed E-state index contributed by atoms with van der Waals surface area (Å²) in [6.07, 6.45) is 1.83. The van der Waals surface area contributed by atoms with Gasteiger partial charge in [0.2, 0.25) is 0 Å². The molecule has 3 rings (SSSR count). The molecule has 2 amide bonds. The number of hydrogen-bond donors (Lipinski definition) is 2. The molecule has 0 saturated heterocycles. The highest BCUT2D eigenvalue weighted by Crippen LogP contribution is 2.17. The van der Waals surface area contributed by atoms with Crippen LogP contribution in [0.25, 0.3) is 5.65 Å². The van der Waals surface area contributed by atoms with Crippen molar-refractivity contribution in [3.8, 4) is 0 Å². The molecule has 2 aromatic heterocycles. The number of benzene rings is 1. The van der Waals surface area contributed by atoms with Crippen molar-refractivity contribution in [2.24, 2.45) is 0 Å². The number of rotatable bonds is 3. The Morgan fingerprint density at radius 1 is 1.00 bits per heavy atom. The molecule has 6 nitrogen and oxygen atoms in total. The minimum absolute atomic E-state index is 0.253. The van der Waals surface area contributed by atoms with Crippen LogP contribution in [0.5, 0.6) is 0 Å². The molecule has 0 saturated carbocycles. The topological polar surface area (TPSA) is 71.3 Å². The molecule has 0 fully saturated rings. The standard InChI is InChI=1S/C16H17N5O/c1-11(2)15-20-19-14-9-8-13(10-21(14)15)18-16(22)17-12-6-4-3-5-7-12/h3-11H,1-2H3,(H2,17,18,22). The maximum Gasteiger partial charge on any atom is 0.323 e. The largest absolute Gasteiger partial charge is 0.323 e. The lowest BCUT2D eigenvalue weighted by Crippen LogP contribution is -2.19. The maximum absolute atomic E-state index is 12.0. The summed E-state index contributed by atoms with van der Waals surface area (Å²) >= 11 is 0. The van der Waals surface area contributed by atoms with Crippen molar-refractivity contribution < 1.29 is 4.79 Å². The van der Waals surface area contributed by atoms with Gasteiger partial charge < -0.3 is 10.6 Å².